The third kappa shape index (κ3) is 3.68. The number of hydrogen-bond acceptors (Lipinski definition) is 8. The zero-order chi connectivity index (χ0) is 18.7. The van der Waals surface area contributed by atoms with E-state index in [-0.39, 0.29) is 33.9 Å². The van der Waals surface area contributed by atoms with Gasteiger partial charge in [-0.15, -0.1) is 0 Å². The number of rotatable bonds is 6. The summed E-state index contributed by atoms with van der Waals surface area (Å²) in [5.74, 6) is -1.76. The first kappa shape index (κ1) is 18.2. The molecule has 0 fully saturated rings. The molecule has 0 unspecified atom stereocenters. The van der Waals surface area contributed by atoms with Gasteiger partial charge in [0.15, 0.2) is 0 Å². The van der Waals surface area contributed by atoms with Crippen LogP contribution >= 0.6 is 0 Å². The number of carbonyl (C=O) groups is 4. The van der Waals surface area contributed by atoms with Gasteiger partial charge in [-0.2, -0.15) is 0 Å². The molecule has 0 aromatic heterocycles. The first-order chi connectivity index (χ1) is 11.7. The number of nitrogens with two attached hydrogens (primary N) is 4. The van der Waals surface area contributed by atoms with Gasteiger partial charge < -0.3 is 22.9 Å². The summed E-state index contributed by atoms with van der Waals surface area (Å²) in [6.07, 6.45) is 4.47. The predicted molar refractivity (Wildman–Crippen MR) is 90.1 cm³/mol. The van der Waals surface area contributed by atoms with E-state index in [2.05, 4.69) is 0 Å². The number of unbranched alkanes of at least 4 members (excludes halogenated alkanes) is 2. The van der Waals surface area contributed by atoms with E-state index in [0.717, 1.165) is 12.2 Å². The van der Waals surface area contributed by atoms with Crippen LogP contribution in [0.4, 0.5) is 0 Å². The highest BCUT2D eigenvalue weighted by atomic mass is 16.1. The van der Waals surface area contributed by atoms with E-state index in [1.165, 1.54) is 0 Å². The van der Waals surface area contributed by atoms with Crippen LogP contribution in [0.25, 0.3) is 0 Å². The summed E-state index contributed by atoms with van der Waals surface area (Å²) in [7, 11) is 0. The van der Waals surface area contributed by atoms with Gasteiger partial charge in [0.25, 0.3) is 0 Å². The van der Waals surface area contributed by atoms with E-state index >= 15 is 0 Å². The Hall–Kier alpha value is -3.16. The van der Waals surface area contributed by atoms with E-state index in [1.54, 1.807) is 0 Å². The minimum Gasteiger partial charge on any atom is -0.395 e. The van der Waals surface area contributed by atoms with Crippen LogP contribution in [0.3, 0.4) is 0 Å². The van der Waals surface area contributed by atoms with Crippen LogP contribution in [0.1, 0.15) is 32.1 Å². The Kier molecular flexibility index (Phi) is 5.21. The summed E-state index contributed by atoms with van der Waals surface area (Å²) in [6.45, 7) is 0. The number of Topliss-reactive ketones (excluding diaryl/α,β-unsaturated/α-hetero) is 2. The Balaban J connectivity index is 1.88. The van der Waals surface area contributed by atoms with Gasteiger partial charge in [0.05, 0.1) is 22.8 Å². The average molecular weight is 344 g/mol. The molecule has 132 valence electrons. The predicted octanol–water partition coefficient (Wildman–Crippen LogP) is -0.649. The Morgan fingerprint density at radius 1 is 0.600 bits per heavy atom. The molecule has 0 saturated heterocycles. The van der Waals surface area contributed by atoms with Crippen LogP contribution in [0.5, 0.6) is 0 Å². The highest BCUT2D eigenvalue weighted by Gasteiger charge is 2.26. The quantitative estimate of drug-likeness (QED) is 0.363. The van der Waals surface area contributed by atoms with Gasteiger partial charge >= 0.3 is 0 Å². The van der Waals surface area contributed by atoms with Crippen molar-refractivity contribution >= 4 is 23.1 Å². The minimum atomic E-state index is -0.460. The number of allylic oxidation sites excluding steroid dienone is 4. The highest BCUT2D eigenvalue weighted by Crippen LogP contribution is 2.22. The molecule has 0 saturated carbocycles. The Morgan fingerprint density at radius 2 is 0.960 bits per heavy atom. The van der Waals surface area contributed by atoms with Gasteiger partial charge in [0, 0.05) is 23.3 Å². The third-order valence-corrected chi connectivity index (χ3v) is 4.18. The monoisotopic (exact) mass is 344 g/mol. The van der Waals surface area contributed by atoms with Gasteiger partial charge in [-0.3, -0.25) is 19.2 Å². The fourth-order valence-electron chi connectivity index (χ4n) is 2.74. The number of hydrogen-bond donors (Lipinski definition) is 4. The molecule has 8 heteroatoms. The normalized spacial score (nSPS) is 18.7. The van der Waals surface area contributed by atoms with Crippen molar-refractivity contribution in [1.82, 2.24) is 0 Å². The number of ketones is 4. The van der Waals surface area contributed by atoms with Gasteiger partial charge in [0.1, 0.15) is 0 Å². The molecule has 0 amide bonds. The zero-order valence-corrected chi connectivity index (χ0v) is 13.6. The molecule has 0 atom stereocenters. The highest BCUT2D eigenvalue weighted by molar-refractivity contribution is 6.22. The van der Waals surface area contributed by atoms with Crippen molar-refractivity contribution < 1.29 is 19.2 Å². The van der Waals surface area contributed by atoms with Gasteiger partial charge in [-0.1, -0.05) is 6.42 Å². The minimum absolute atomic E-state index is 0.0721. The fourth-order valence-corrected chi connectivity index (χ4v) is 2.74. The Morgan fingerprint density at radius 3 is 1.32 bits per heavy atom. The Bertz CT molecular complexity index is 733. The Labute approximate surface area is 144 Å². The van der Waals surface area contributed by atoms with Crippen LogP contribution in [-0.2, 0) is 19.2 Å². The topological polar surface area (TPSA) is 172 Å². The summed E-state index contributed by atoms with van der Waals surface area (Å²) in [5.41, 5.74) is 22.4. The van der Waals surface area contributed by atoms with Crippen molar-refractivity contribution in [2.75, 3.05) is 0 Å². The summed E-state index contributed by atoms with van der Waals surface area (Å²) in [6, 6.07) is 0. The maximum Gasteiger partial charge on any atom is 0.206 e. The molecule has 0 bridgehead atoms. The lowest BCUT2D eigenvalue weighted by Gasteiger charge is -2.15. The molecular weight excluding hydrogens is 324 g/mol. The fraction of sp³-hybridized carbons (Fsp3) is 0.294. The molecule has 8 nitrogen and oxygen atoms in total. The average Bonchev–Trinajstić information content (AvgIpc) is 2.56. The van der Waals surface area contributed by atoms with Crippen LogP contribution < -0.4 is 22.9 Å². The van der Waals surface area contributed by atoms with Crippen LogP contribution in [-0.4, -0.2) is 23.1 Å². The molecule has 2 aliphatic carbocycles. The molecule has 0 heterocycles. The second kappa shape index (κ2) is 7.16. The summed E-state index contributed by atoms with van der Waals surface area (Å²) in [5, 5.41) is 0. The standard InChI is InChI=1S/C17H20N4O4/c18-10-6-12(22)14(20)8(16(10)24)4-2-1-3-5-9-15(21)13(23)7-11(19)17(9)25/h6-7H,1-5,18-21H2. The lowest BCUT2D eigenvalue weighted by Crippen LogP contribution is -2.27. The first-order valence-corrected chi connectivity index (χ1v) is 7.83. The van der Waals surface area contributed by atoms with Crippen molar-refractivity contribution in [3.05, 3.63) is 46.1 Å². The smallest absolute Gasteiger partial charge is 0.206 e. The molecule has 0 aromatic carbocycles. The summed E-state index contributed by atoms with van der Waals surface area (Å²) < 4.78 is 0. The van der Waals surface area contributed by atoms with Gasteiger partial charge in [-0.25, -0.2) is 0 Å². The lowest BCUT2D eigenvalue weighted by molar-refractivity contribution is -0.116. The molecule has 8 N–H and O–H groups in total. The van der Waals surface area contributed by atoms with Crippen molar-refractivity contribution in [2.24, 2.45) is 22.9 Å². The molecule has 2 aliphatic rings. The van der Waals surface area contributed by atoms with Crippen molar-refractivity contribution in [3.8, 4) is 0 Å². The molecule has 0 aromatic rings. The molecule has 0 spiro atoms. The van der Waals surface area contributed by atoms with Gasteiger partial charge in [0.2, 0.25) is 23.1 Å². The molecule has 0 aliphatic heterocycles. The summed E-state index contributed by atoms with van der Waals surface area (Å²) >= 11 is 0. The largest absolute Gasteiger partial charge is 0.395 e. The molecule has 2 rings (SSSR count). The van der Waals surface area contributed by atoms with E-state index < -0.39 is 23.1 Å². The van der Waals surface area contributed by atoms with Crippen LogP contribution in [0.2, 0.25) is 0 Å². The van der Waals surface area contributed by atoms with E-state index in [4.69, 9.17) is 22.9 Å². The van der Waals surface area contributed by atoms with Crippen molar-refractivity contribution in [1.29, 1.82) is 0 Å². The van der Waals surface area contributed by atoms with Gasteiger partial charge in [-0.05, 0) is 25.7 Å². The lowest BCUT2D eigenvalue weighted by atomic mass is 9.91. The van der Waals surface area contributed by atoms with Crippen molar-refractivity contribution in [3.63, 3.8) is 0 Å². The van der Waals surface area contributed by atoms with E-state index in [1.807, 2.05) is 0 Å². The van der Waals surface area contributed by atoms with Crippen LogP contribution in [0, 0.1) is 0 Å². The number of carbonyl (C=O) groups excluding carboxylic acids is 4. The van der Waals surface area contributed by atoms with E-state index in [9.17, 15) is 19.2 Å². The zero-order valence-electron chi connectivity index (χ0n) is 13.6. The maximum absolute atomic E-state index is 11.9. The first-order valence-electron chi connectivity index (χ1n) is 7.83. The maximum atomic E-state index is 11.9. The SMILES string of the molecule is NC1=CC(=O)C(N)=C(CCCCCC2=C(N)C(=O)C=C(N)C2=O)C1=O. The van der Waals surface area contributed by atoms with Crippen molar-refractivity contribution in [2.45, 2.75) is 32.1 Å². The molecule has 25 heavy (non-hydrogen) atoms. The third-order valence-electron chi connectivity index (χ3n) is 4.18. The molecular formula is C17H20N4O4. The second-order valence-electron chi connectivity index (χ2n) is 5.93. The second-order valence-corrected chi connectivity index (χ2v) is 5.93. The molecule has 0 radical (unpaired) electrons. The van der Waals surface area contributed by atoms with Crippen LogP contribution in [0.15, 0.2) is 46.1 Å². The summed E-state index contributed by atoms with van der Waals surface area (Å²) in [4.78, 5) is 47.1. The van der Waals surface area contributed by atoms with E-state index in [0.29, 0.717) is 32.1 Å².